The third-order valence-corrected chi connectivity index (χ3v) is 4.28. The summed E-state index contributed by atoms with van der Waals surface area (Å²) in [5.41, 5.74) is 6.39. The number of nitrogens with two attached hydrogens (primary N) is 1. The van der Waals surface area contributed by atoms with Gasteiger partial charge in [-0.2, -0.15) is 0 Å². The van der Waals surface area contributed by atoms with Crippen LogP contribution in [0, 0.1) is 0 Å². The lowest BCUT2D eigenvalue weighted by Crippen LogP contribution is -2.68. The molecule has 2 aliphatic rings. The molecule has 0 aromatic carbocycles. The molecule has 2 aliphatic heterocycles. The second-order valence-electron chi connectivity index (χ2n) is 4.16. The minimum absolute atomic E-state index is 0.0293. The minimum Gasteiger partial charge on any atom is -0.464 e. The van der Waals surface area contributed by atoms with E-state index in [0.29, 0.717) is 11.3 Å². The minimum atomic E-state index is -0.618. The molecule has 0 saturated carbocycles. The zero-order chi connectivity index (χ0) is 14.2. The van der Waals surface area contributed by atoms with Gasteiger partial charge in [0.15, 0.2) is 0 Å². The van der Waals surface area contributed by atoms with Crippen molar-refractivity contribution in [1.29, 1.82) is 0 Å². The first-order chi connectivity index (χ1) is 8.97. The van der Waals surface area contributed by atoms with E-state index in [0.717, 1.165) is 0 Å². The zero-order valence-electron chi connectivity index (χ0n) is 10.5. The first kappa shape index (κ1) is 13.9. The number of methoxy groups -OCH3 is 1. The highest BCUT2D eigenvalue weighted by Gasteiger charge is 2.52. The third-order valence-electron chi connectivity index (χ3n) is 2.92. The van der Waals surface area contributed by atoms with Crippen molar-refractivity contribution in [3.8, 4) is 0 Å². The molecule has 19 heavy (non-hydrogen) atoms. The van der Waals surface area contributed by atoms with Crippen molar-refractivity contribution < 1.29 is 23.9 Å². The Morgan fingerprint density at radius 1 is 1.53 bits per heavy atom. The summed E-state index contributed by atoms with van der Waals surface area (Å²) >= 11 is 1.44. The molecule has 1 fully saturated rings. The van der Waals surface area contributed by atoms with E-state index in [1.54, 1.807) is 0 Å². The fourth-order valence-corrected chi connectivity index (χ4v) is 3.24. The largest absolute Gasteiger partial charge is 0.464 e. The number of amides is 1. The van der Waals surface area contributed by atoms with E-state index in [2.05, 4.69) is 4.74 Å². The van der Waals surface area contributed by atoms with Crippen LogP contribution in [-0.4, -0.2) is 53.6 Å². The maximum Gasteiger partial charge on any atom is 0.354 e. The Morgan fingerprint density at radius 2 is 2.21 bits per heavy atom. The summed E-state index contributed by atoms with van der Waals surface area (Å²) < 4.78 is 9.57. The Kier molecular flexibility index (Phi) is 3.81. The number of fused-ring (bicyclic) bond motifs is 1. The van der Waals surface area contributed by atoms with Crippen LogP contribution >= 0.6 is 11.8 Å². The van der Waals surface area contributed by atoms with Crippen molar-refractivity contribution in [3.63, 3.8) is 0 Å². The zero-order valence-corrected chi connectivity index (χ0v) is 11.4. The molecule has 104 valence electrons. The van der Waals surface area contributed by atoms with Gasteiger partial charge >= 0.3 is 11.9 Å². The molecule has 0 aromatic heterocycles. The number of hydrogen-bond donors (Lipinski definition) is 1. The molecular weight excluding hydrogens is 272 g/mol. The number of esters is 2. The summed E-state index contributed by atoms with van der Waals surface area (Å²) in [6, 6.07) is -0.597. The lowest BCUT2D eigenvalue weighted by atomic mass is 10.0. The summed E-state index contributed by atoms with van der Waals surface area (Å²) in [6.45, 7) is 1.25. The maximum atomic E-state index is 11.8. The normalized spacial score (nSPS) is 25.6. The van der Waals surface area contributed by atoms with Crippen LogP contribution in [0.4, 0.5) is 0 Å². The summed E-state index contributed by atoms with van der Waals surface area (Å²) in [5, 5.41) is -0.248. The number of hydrogen-bond acceptors (Lipinski definition) is 7. The molecule has 0 spiro atoms. The highest BCUT2D eigenvalue weighted by atomic mass is 32.2. The van der Waals surface area contributed by atoms with E-state index >= 15 is 0 Å². The van der Waals surface area contributed by atoms with E-state index in [-0.39, 0.29) is 23.6 Å². The Bertz CT molecular complexity index is 476. The smallest absolute Gasteiger partial charge is 0.354 e. The van der Waals surface area contributed by atoms with Crippen LogP contribution in [0.25, 0.3) is 0 Å². The first-order valence-corrected chi connectivity index (χ1v) is 6.66. The van der Waals surface area contributed by atoms with Gasteiger partial charge in [-0.25, -0.2) is 4.79 Å². The van der Waals surface area contributed by atoms with Crippen molar-refractivity contribution in [2.45, 2.75) is 18.3 Å². The molecule has 0 radical (unpaired) electrons. The lowest BCUT2D eigenvalue weighted by Gasteiger charge is -2.48. The molecule has 1 amide bonds. The molecule has 0 aliphatic carbocycles. The average molecular weight is 286 g/mol. The molecule has 1 saturated heterocycles. The van der Waals surface area contributed by atoms with Crippen LogP contribution in [0.5, 0.6) is 0 Å². The predicted octanol–water partition coefficient (Wildman–Crippen LogP) is -0.781. The quantitative estimate of drug-likeness (QED) is 0.536. The summed E-state index contributed by atoms with van der Waals surface area (Å²) in [7, 11) is 1.24. The van der Waals surface area contributed by atoms with Gasteiger partial charge in [-0.15, -0.1) is 11.8 Å². The van der Waals surface area contributed by atoms with Crippen molar-refractivity contribution in [3.05, 3.63) is 11.3 Å². The molecule has 2 rings (SSSR count). The van der Waals surface area contributed by atoms with Gasteiger partial charge < -0.3 is 15.2 Å². The van der Waals surface area contributed by atoms with Gasteiger partial charge in [0.1, 0.15) is 23.7 Å². The number of ether oxygens (including phenoxy) is 2. The number of rotatable bonds is 3. The number of thioether (sulfide) groups is 1. The Balaban J connectivity index is 2.28. The molecule has 2 heterocycles. The van der Waals surface area contributed by atoms with E-state index in [1.807, 2.05) is 0 Å². The second kappa shape index (κ2) is 5.22. The average Bonchev–Trinajstić information content (AvgIpc) is 2.42. The molecule has 0 aromatic rings. The van der Waals surface area contributed by atoms with Crippen molar-refractivity contribution in [2.24, 2.45) is 5.73 Å². The van der Waals surface area contributed by atoms with Crippen LogP contribution in [0.15, 0.2) is 11.3 Å². The molecule has 2 atom stereocenters. The maximum absolute atomic E-state index is 11.8. The van der Waals surface area contributed by atoms with E-state index in [4.69, 9.17) is 10.5 Å². The van der Waals surface area contributed by atoms with E-state index in [9.17, 15) is 14.4 Å². The van der Waals surface area contributed by atoms with E-state index in [1.165, 1.54) is 30.7 Å². The van der Waals surface area contributed by atoms with Gasteiger partial charge in [0.2, 0.25) is 5.91 Å². The van der Waals surface area contributed by atoms with Gasteiger partial charge in [-0.1, -0.05) is 0 Å². The Hall–Kier alpha value is -1.54. The molecule has 1 unspecified atom stereocenters. The summed E-state index contributed by atoms with van der Waals surface area (Å²) in [5.74, 6) is -0.916. The van der Waals surface area contributed by atoms with Crippen molar-refractivity contribution in [1.82, 2.24) is 4.90 Å². The molecular formula is C11H14N2O5S. The molecule has 8 heteroatoms. The lowest BCUT2D eigenvalue weighted by molar-refractivity contribution is -0.149. The topological polar surface area (TPSA) is 98.9 Å². The first-order valence-electron chi connectivity index (χ1n) is 5.61. The third kappa shape index (κ3) is 2.33. The summed E-state index contributed by atoms with van der Waals surface area (Å²) in [4.78, 5) is 35.7. The highest BCUT2D eigenvalue weighted by molar-refractivity contribution is 8.00. The van der Waals surface area contributed by atoms with Crippen LogP contribution in [-0.2, 0) is 23.9 Å². The number of carbonyl (C=O) groups is 3. The standard InChI is InChI=1S/C11H14N2O5S/c1-5(14)18-3-6-4-19-10-7(12)9(15)13(10)8(6)11(16)17-2/h7,10H,3-4,12H2,1-2H3/t7?,10-/m1/s1. The van der Waals surface area contributed by atoms with E-state index < -0.39 is 18.0 Å². The SMILES string of the molecule is COC(=O)C1=C(COC(C)=O)CS[C@@H]2C(N)C(=O)N12. The fourth-order valence-electron chi connectivity index (χ4n) is 1.96. The van der Waals surface area contributed by atoms with Crippen molar-refractivity contribution >= 4 is 29.6 Å². The Morgan fingerprint density at radius 3 is 2.79 bits per heavy atom. The van der Waals surface area contributed by atoms with Crippen LogP contribution in [0.1, 0.15) is 6.92 Å². The number of β-lactam (4-membered cyclic amide) rings is 1. The molecule has 0 bridgehead atoms. The van der Waals surface area contributed by atoms with Gasteiger partial charge in [0.25, 0.3) is 0 Å². The highest BCUT2D eigenvalue weighted by Crippen LogP contribution is 2.39. The molecule has 7 nitrogen and oxygen atoms in total. The van der Waals surface area contributed by atoms with Gasteiger partial charge in [-0.3, -0.25) is 14.5 Å². The Labute approximate surface area is 114 Å². The summed E-state index contributed by atoms with van der Waals surface area (Å²) in [6.07, 6.45) is 0. The number of carbonyl (C=O) groups excluding carboxylic acids is 3. The number of nitrogens with zero attached hydrogens (tertiary/aromatic N) is 1. The van der Waals surface area contributed by atoms with Crippen LogP contribution in [0.2, 0.25) is 0 Å². The van der Waals surface area contributed by atoms with Gasteiger partial charge in [0, 0.05) is 18.2 Å². The van der Waals surface area contributed by atoms with Crippen LogP contribution in [0.3, 0.4) is 0 Å². The second-order valence-corrected chi connectivity index (χ2v) is 5.26. The monoisotopic (exact) mass is 286 g/mol. The predicted molar refractivity (Wildman–Crippen MR) is 66.7 cm³/mol. The fraction of sp³-hybridized carbons (Fsp3) is 0.545. The molecule has 2 N–H and O–H groups in total. The van der Waals surface area contributed by atoms with Gasteiger partial charge in [-0.05, 0) is 0 Å². The van der Waals surface area contributed by atoms with Crippen LogP contribution < -0.4 is 5.73 Å². The van der Waals surface area contributed by atoms with Gasteiger partial charge in [0.05, 0.1) is 7.11 Å². The van der Waals surface area contributed by atoms with Crippen molar-refractivity contribution in [2.75, 3.05) is 19.5 Å².